The molecule has 106 valence electrons. The number of aromatic amines is 1. The Labute approximate surface area is 122 Å². The molecule has 2 rings (SSSR count). The van der Waals surface area contributed by atoms with E-state index in [0.29, 0.717) is 0 Å². The van der Waals surface area contributed by atoms with Crippen molar-refractivity contribution < 1.29 is 10.0 Å². The molecule has 1 aromatic carbocycles. The fraction of sp³-hybridized carbons (Fsp3) is 0.0833. The number of nitriles is 1. The molecule has 2 N–H and O–H groups in total. The Balaban J connectivity index is 2.78. The van der Waals surface area contributed by atoms with Gasteiger partial charge in [0.25, 0.3) is 11.2 Å². The highest BCUT2D eigenvalue weighted by atomic mass is 32.2. The van der Waals surface area contributed by atoms with E-state index < -0.39 is 10.5 Å². The van der Waals surface area contributed by atoms with Gasteiger partial charge >= 0.3 is 0 Å². The maximum atomic E-state index is 11.8. The molecular formula is C12H8N4O4S. The number of H-pyrrole nitrogens is 1. The third-order valence-corrected chi connectivity index (χ3v) is 3.17. The normalized spacial score (nSPS) is 10.1. The van der Waals surface area contributed by atoms with Gasteiger partial charge in [0.15, 0.2) is 5.16 Å². The van der Waals surface area contributed by atoms with Crippen LogP contribution >= 0.6 is 11.8 Å². The van der Waals surface area contributed by atoms with E-state index in [1.807, 2.05) is 0 Å². The summed E-state index contributed by atoms with van der Waals surface area (Å²) in [5.74, 6) is -0.351. The smallest absolute Gasteiger partial charge is 0.273 e. The van der Waals surface area contributed by atoms with Crippen molar-refractivity contribution in [2.75, 3.05) is 6.26 Å². The molecule has 0 saturated heterocycles. The zero-order valence-corrected chi connectivity index (χ0v) is 11.5. The first-order valence-electron chi connectivity index (χ1n) is 5.53. The van der Waals surface area contributed by atoms with Crippen molar-refractivity contribution in [1.29, 1.82) is 5.26 Å². The summed E-state index contributed by atoms with van der Waals surface area (Å²) in [4.78, 5) is 28.4. The van der Waals surface area contributed by atoms with Crippen molar-refractivity contribution in [2.45, 2.75) is 5.16 Å². The summed E-state index contributed by atoms with van der Waals surface area (Å²) in [6.07, 6.45) is 1.68. The number of phenols is 1. The zero-order chi connectivity index (χ0) is 15.6. The second-order valence-corrected chi connectivity index (χ2v) is 4.70. The molecule has 0 aliphatic heterocycles. The number of hydrogen-bond donors (Lipinski definition) is 2. The van der Waals surface area contributed by atoms with Crippen LogP contribution in [0.3, 0.4) is 0 Å². The van der Waals surface area contributed by atoms with Crippen LogP contribution in [0.1, 0.15) is 5.56 Å². The van der Waals surface area contributed by atoms with E-state index in [1.165, 1.54) is 6.07 Å². The molecule has 0 fully saturated rings. The average Bonchev–Trinajstić information content (AvgIpc) is 2.45. The SMILES string of the molecule is CSc1nc(-c2cc(O)cc([N+](=O)[O-])c2)c(C#N)c(=O)[nH]1. The quantitative estimate of drug-likeness (QED) is 0.381. The van der Waals surface area contributed by atoms with Gasteiger partial charge in [-0.05, 0) is 12.3 Å². The minimum Gasteiger partial charge on any atom is -0.508 e. The summed E-state index contributed by atoms with van der Waals surface area (Å²) >= 11 is 1.15. The molecule has 2 aromatic rings. The molecule has 0 saturated carbocycles. The molecular weight excluding hydrogens is 296 g/mol. The van der Waals surface area contributed by atoms with Gasteiger partial charge in [0.2, 0.25) is 0 Å². The van der Waals surface area contributed by atoms with Crippen LogP contribution in [0.2, 0.25) is 0 Å². The van der Waals surface area contributed by atoms with Crippen molar-refractivity contribution in [3.63, 3.8) is 0 Å². The van der Waals surface area contributed by atoms with Crippen molar-refractivity contribution >= 4 is 17.4 Å². The van der Waals surface area contributed by atoms with Gasteiger partial charge in [-0.1, -0.05) is 11.8 Å². The summed E-state index contributed by atoms with van der Waals surface area (Å²) in [7, 11) is 0. The maximum Gasteiger partial charge on any atom is 0.273 e. The van der Waals surface area contributed by atoms with Crippen molar-refractivity contribution in [3.8, 4) is 23.1 Å². The molecule has 0 atom stereocenters. The number of phenolic OH excluding ortho intramolecular Hbond substituents is 1. The fourth-order valence-electron chi connectivity index (χ4n) is 1.70. The number of thioether (sulfide) groups is 1. The topological polar surface area (TPSA) is 133 Å². The van der Waals surface area contributed by atoms with Gasteiger partial charge in [0, 0.05) is 11.6 Å². The summed E-state index contributed by atoms with van der Waals surface area (Å²) in [6, 6.07) is 5.04. The minimum absolute atomic E-state index is 0.00963. The largest absolute Gasteiger partial charge is 0.508 e. The van der Waals surface area contributed by atoms with Crippen LogP contribution in [0.25, 0.3) is 11.3 Å². The molecule has 1 aromatic heterocycles. The Morgan fingerprint density at radius 2 is 2.19 bits per heavy atom. The van der Waals surface area contributed by atoms with Crippen LogP contribution in [0.15, 0.2) is 28.2 Å². The zero-order valence-electron chi connectivity index (χ0n) is 10.7. The summed E-state index contributed by atoms with van der Waals surface area (Å²) in [5, 5.41) is 29.7. The number of nitro groups is 1. The number of nitrogens with zero attached hydrogens (tertiary/aromatic N) is 3. The lowest BCUT2D eigenvalue weighted by Crippen LogP contribution is -2.14. The fourth-order valence-corrected chi connectivity index (χ4v) is 2.08. The second kappa shape index (κ2) is 5.64. The van der Waals surface area contributed by atoms with Gasteiger partial charge < -0.3 is 10.1 Å². The van der Waals surface area contributed by atoms with Gasteiger partial charge in [-0.2, -0.15) is 5.26 Å². The minimum atomic E-state index is -0.683. The molecule has 8 nitrogen and oxygen atoms in total. The number of non-ortho nitro benzene ring substituents is 1. The molecule has 0 unspecified atom stereocenters. The Kier molecular flexibility index (Phi) is 3.91. The first kappa shape index (κ1) is 14.5. The van der Waals surface area contributed by atoms with Gasteiger partial charge in [-0.25, -0.2) is 4.98 Å². The van der Waals surface area contributed by atoms with Crippen LogP contribution in [-0.2, 0) is 0 Å². The monoisotopic (exact) mass is 304 g/mol. The predicted molar refractivity (Wildman–Crippen MR) is 75.1 cm³/mol. The number of benzene rings is 1. The molecule has 9 heteroatoms. The number of nitro benzene ring substituents is 1. The van der Waals surface area contributed by atoms with Crippen LogP contribution in [0.4, 0.5) is 5.69 Å². The molecule has 1 heterocycles. The third kappa shape index (κ3) is 2.85. The lowest BCUT2D eigenvalue weighted by atomic mass is 10.1. The van der Waals surface area contributed by atoms with E-state index in [-0.39, 0.29) is 33.4 Å². The van der Waals surface area contributed by atoms with E-state index in [4.69, 9.17) is 5.26 Å². The van der Waals surface area contributed by atoms with Gasteiger partial charge in [-0.15, -0.1) is 0 Å². The Morgan fingerprint density at radius 3 is 2.76 bits per heavy atom. The van der Waals surface area contributed by atoms with E-state index in [9.17, 15) is 20.0 Å². The van der Waals surface area contributed by atoms with Crippen molar-refractivity contribution in [1.82, 2.24) is 9.97 Å². The summed E-state index contributed by atoms with van der Waals surface area (Å²) in [6.45, 7) is 0. The highest BCUT2D eigenvalue weighted by Gasteiger charge is 2.17. The molecule has 0 bridgehead atoms. The highest BCUT2D eigenvalue weighted by Crippen LogP contribution is 2.29. The average molecular weight is 304 g/mol. The molecule has 0 aliphatic carbocycles. The standard InChI is InChI=1S/C12H8N4O4S/c1-21-12-14-10(9(5-13)11(18)15-12)6-2-7(16(19)20)4-8(17)3-6/h2-4,17H,1H3,(H,14,15,18). The number of aromatic nitrogens is 2. The van der Waals surface area contributed by atoms with Gasteiger partial charge in [0.1, 0.15) is 17.4 Å². The van der Waals surface area contributed by atoms with Gasteiger partial charge in [0.05, 0.1) is 16.7 Å². The molecule has 0 radical (unpaired) electrons. The van der Waals surface area contributed by atoms with Crippen LogP contribution in [0.5, 0.6) is 5.75 Å². The first-order chi connectivity index (χ1) is 9.96. The third-order valence-electron chi connectivity index (χ3n) is 2.59. The Morgan fingerprint density at radius 1 is 1.48 bits per heavy atom. The summed E-state index contributed by atoms with van der Waals surface area (Å²) < 4.78 is 0. The number of hydrogen-bond acceptors (Lipinski definition) is 7. The van der Waals surface area contributed by atoms with Crippen molar-refractivity contribution in [3.05, 3.63) is 44.2 Å². The van der Waals surface area contributed by atoms with Gasteiger partial charge in [-0.3, -0.25) is 14.9 Å². The molecule has 0 amide bonds. The van der Waals surface area contributed by atoms with E-state index >= 15 is 0 Å². The number of aromatic hydroxyl groups is 1. The second-order valence-electron chi connectivity index (χ2n) is 3.91. The van der Waals surface area contributed by atoms with E-state index in [1.54, 1.807) is 12.3 Å². The number of rotatable bonds is 3. The molecule has 0 spiro atoms. The van der Waals surface area contributed by atoms with Crippen LogP contribution in [0, 0.1) is 21.4 Å². The van der Waals surface area contributed by atoms with E-state index in [0.717, 1.165) is 23.9 Å². The first-order valence-corrected chi connectivity index (χ1v) is 6.76. The maximum absolute atomic E-state index is 11.8. The van der Waals surface area contributed by atoms with Crippen LogP contribution in [-0.4, -0.2) is 26.3 Å². The molecule has 21 heavy (non-hydrogen) atoms. The predicted octanol–water partition coefficient (Wildman–Crippen LogP) is 1.64. The number of nitrogens with one attached hydrogen (secondary N) is 1. The highest BCUT2D eigenvalue weighted by molar-refractivity contribution is 7.98. The lowest BCUT2D eigenvalue weighted by Gasteiger charge is -2.05. The van der Waals surface area contributed by atoms with Crippen molar-refractivity contribution in [2.24, 2.45) is 0 Å². The lowest BCUT2D eigenvalue weighted by molar-refractivity contribution is -0.384. The summed E-state index contributed by atoms with van der Waals surface area (Å²) in [5.41, 5.74) is -1.16. The van der Waals surface area contributed by atoms with E-state index in [2.05, 4.69) is 9.97 Å². The Hall–Kier alpha value is -2.86. The van der Waals surface area contributed by atoms with Crippen LogP contribution < -0.4 is 5.56 Å². The molecule has 0 aliphatic rings. The Bertz CT molecular complexity index is 825.